The summed E-state index contributed by atoms with van der Waals surface area (Å²) in [6.07, 6.45) is 2.77. The summed E-state index contributed by atoms with van der Waals surface area (Å²) in [4.78, 5) is 39.1. The molecule has 0 saturated carbocycles. The molecule has 1 aliphatic heterocycles. The van der Waals surface area contributed by atoms with Crippen LogP contribution in [0.2, 0.25) is 5.02 Å². The molecule has 30 heavy (non-hydrogen) atoms. The maximum atomic E-state index is 14.0. The number of halogens is 2. The van der Waals surface area contributed by atoms with Gasteiger partial charge in [-0.15, -0.1) is 11.8 Å². The molecular formula is C18H17ClFN7O2S. The summed E-state index contributed by atoms with van der Waals surface area (Å²) in [5.41, 5.74) is 6.91. The molecule has 1 aromatic carbocycles. The average molecular weight is 450 g/mol. The third kappa shape index (κ3) is 3.90. The fraction of sp³-hybridized carbons (Fsp3) is 0.278. The third-order valence-corrected chi connectivity index (χ3v) is 6.15. The Hall–Kier alpha value is -2.92. The van der Waals surface area contributed by atoms with E-state index in [1.807, 2.05) is 0 Å². The molecule has 3 aromatic rings. The maximum Gasteiger partial charge on any atom is 0.253 e. The number of hydrogen-bond acceptors (Lipinski definition) is 7. The molecule has 2 aromatic heterocycles. The van der Waals surface area contributed by atoms with Gasteiger partial charge in [-0.2, -0.15) is 0 Å². The van der Waals surface area contributed by atoms with Gasteiger partial charge in [0, 0.05) is 24.4 Å². The van der Waals surface area contributed by atoms with Crippen molar-refractivity contribution in [3.8, 4) is 0 Å². The zero-order valence-corrected chi connectivity index (χ0v) is 17.2. The molecule has 156 valence electrons. The number of nitrogen functional groups attached to an aromatic ring is 1. The van der Waals surface area contributed by atoms with Crippen LogP contribution in [0.25, 0.3) is 11.2 Å². The Kier molecular flexibility index (Phi) is 5.73. The third-order valence-electron chi connectivity index (χ3n) is 4.66. The van der Waals surface area contributed by atoms with Crippen molar-refractivity contribution in [2.75, 3.05) is 18.0 Å². The molecule has 1 unspecified atom stereocenters. The average Bonchev–Trinajstić information content (AvgIpc) is 3.37. The van der Waals surface area contributed by atoms with E-state index < -0.39 is 11.2 Å². The normalized spacial score (nSPS) is 16.2. The van der Waals surface area contributed by atoms with Crippen LogP contribution < -0.4 is 11.1 Å². The van der Waals surface area contributed by atoms with Gasteiger partial charge in [0.1, 0.15) is 24.2 Å². The van der Waals surface area contributed by atoms with E-state index in [2.05, 4.69) is 20.3 Å². The molecule has 4 rings (SSSR count). The summed E-state index contributed by atoms with van der Waals surface area (Å²) < 4.78 is 15.6. The standard InChI is InChI=1S/C18H17ClFN7O2S/c19-11-3-1-2-10(13(11)20)6-22-17(29)18-27(4-5-30-18)12(28)7-26-9-25-14-15(21)23-8-24-16(14)26/h1-3,8-9,18H,4-7H2,(H,22,29)(H2,21,23,24). The van der Waals surface area contributed by atoms with Crippen LogP contribution in [0.5, 0.6) is 0 Å². The number of carbonyl (C=O) groups is 2. The largest absolute Gasteiger partial charge is 0.382 e. The first-order valence-corrected chi connectivity index (χ1v) is 10.4. The van der Waals surface area contributed by atoms with Crippen molar-refractivity contribution >= 4 is 52.2 Å². The Morgan fingerprint density at radius 3 is 3.00 bits per heavy atom. The van der Waals surface area contributed by atoms with Crippen LogP contribution in [0.4, 0.5) is 10.2 Å². The molecule has 1 fully saturated rings. The van der Waals surface area contributed by atoms with Crippen molar-refractivity contribution in [2.45, 2.75) is 18.5 Å². The molecule has 12 heteroatoms. The highest BCUT2D eigenvalue weighted by molar-refractivity contribution is 8.00. The molecule has 1 aliphatic rings. The zero-order valence-electron chi connectivity index (χ0n) is 15.6. The van der Waals surface area contributed by atoms with E-state index in [-0.39, 0.29) is 41.3 Å². The Morgan fingerprint density at radius 2 is 2.17 bits per heavy atom. The fourth-order valence-electron chi connectivity index (χ4n) is 3.15. The molecule has 1 saturated heterocycles. The number of rotatable bonds is 5. The molecule has 0 bridgehead atoms. The van der Waals surface area contributed by atoms with E-state index in [4.69, 9.17) is 17.3 Å². The number of anilines is 1. The number of nitrogens with two attached hydrogens (primary N) is 1. The second kappa shape index (κ2) is 8.44. The van der Waals surface area contributed by atoms with Crippen LogP contribution in [0.3, 0.4) is 0 Å². The van der Waals surface area contributed by atoms with Crippen molar-refractivity contribution in [1.29, 1.82) is 0 Å². The van der Waals surface area contributed by atoms with Crippen molar-refractivity contribution < 1.29 is 14.0 Å². The Bertz CT molecular complexity index is 1130. The van der Waals surface area contributed by atoms with Crippen LogP contribution in [0, 0.1) is 5.82 Å². The summed E-state index contributed by atoms with van der Waals surface area (Å²) >= 11 is 7.12. The minimum atomic E-state index is -0.700. The van der Waals surface area contributed by atoms with Crippen LogP contribution in [-0.4, -0.2) is 53.9 Å². The number of hydrogen-bond donors (Lipinski definition) is 2. The zero-order chi connectivity index (χ0) is 21.3. The summed E-state index contributed by atoms with van der Waals surface area (Å²) in [5, 5.41) is 1.97. The number of imidazole rings is 1. The summed E-state index contributed by atoms with van der Waals surface area (Å²) in [6, 6.07) is 4.59. The summed E-state index contributed by atoms with van der Waals surface area (Å²) in [7, 11) is 0. The van der Waals surface area contributed by atoms with Crippen LogP contribution in [0.1, 0.15) is 5.56 Å². The van der Waals surface area contributed by atoms with Gasteiger partial charge < -0.3 is 20.5 Å². The predicted octanol–water partition coefficient (Wildman–Crippen LogP) is 1.42. The summed E-state index contributed by atoms with van der Waals surface area (Å²) in [6.45, 7) is 0.365. The quantitative estimate of drug-likeness (QED) is 0.604. The second-order valence-electron chi connectivity index (χ2n) is 6.54. The minimum absolute atomic E-state index is 0.00852. The second-order valence-corrected chi connectivity index (χ2v) is 8.14. The number of carbonyl (C=O) groups excluding carboxylic acids is 2. The predicted molar refractivity (Wildman–Crippen MR) is 111 cm³/mol. The van der Waals surface area contributed by atoms with Gasteiger partial charge in [0.2, 0.25) is 5.91 Å². The van der Waals surface area contributed by atoms with Gasteiger partial charge >= 0.3 is 0 Å². The van der Waals surface area contributed by atoms with Crippen LogP contribution >= 0.6 is 23.4 Å². The van der Waals surface area contributed by atoms with Gasteiger partial charge in [0.15, 0.2) is 16.8 Å². The number of aromatic nitrogens is 4. The van der Waals surface area contributed by atoms with E-state index in [1.165, 1.54) is 35.4 Å². The van der Waals surface area contributed by atoms with Gasteiger partial charge in [0.05, 0.1) is 11.3 Å². The molecular weight excluding hydrogens is 433 g/mol. The van der Waals surface area contributed by atoms with Crippen LogP contribution in [0.15, 0.2) is 30.9 Å². The molecule has 0 aliphatic carbocycles. The number of nitrogens with one attached hydrogen (secondary N) is 1. The monoisotopic (exact) mass is 449 g/mol. The molecule has 3 N–H and O–H groups in total. The van der Waals surface area contributed by atoms with E-state index in [0.717, 1.165) is 0 Å². The number of benzene rings is 1. The van der Waals surface area contributed by atoms with Crippen molar-refractivity contribution in [1.82, 2.24) is 29.7 Å². The molecule has 1 atom stereocenters. The lowest BCUT2D eigenvalue weighted by molar-refractivity contribution is -0.137. The van der Waals surface area contributed by atoms with Gasteiger partial charge in [-0.25, -0.2) is 19.3 Å². The lowest BCUT2D eigenvalue weighted by Gasteiger charge is -2.23. The molecule has 3 heterocycles. The highest BCUT2D eigenvalue weighted by atomic mass is 35.5. The smallest absolute Gasteiger partial charge is 0.253 e. The van der Waals surface area contributed by atoms with E-state index in [9.17, 15) is 14.0 Å². The Labute approximate surface area is 179 Å². The number of amides is 2. The Morgan fingerprint density at radius 1 is 1.33 bits per heavy atom. The number of nitrogens with zero attached hydrogens (tertiary/aromatic N) is 5. The van der Waals surface area contributed by atoms with Crippen molar-refractivity contribution in [3.63, 3.8) is 0 Å². The van der Waals surface area contributed by atoms with E-state index >= 15 is 0 Å². The van der Waals surface area contributed by atoms with Gasteiger partial charge in [-0.1, -0.05) is 23.7 Å². The molecule has 0 radical (unpaired) electrons. The van der Waals surface area contributed by atoms with Crippen molar-refractivity contribution in [2.24, 2.45) is 0 Å². The highest BCUT2D eigenvalue weighted by Crippen LogP contribution is 2.25. The van der Waals surface area contributed by atoms with Crippen LogP contribution in [-0.2, 0) is 22.7 Å². The first-order valence-electron chi connectivity index (χ1n) is 8.98. The number of fused-ring (bicyclic) bond motifs is 1. The Balaban J connectivity index is 1.43. The highest BCUT2D eigenvalue weighted by Gasteiger charge is 2.35. The SMILES string of the molecule is Nc1ncnc2c1ncn2CC(=O)N1CCSC1C(=O)NCc1cccc(Cl)c1F. The fourth-order valence-corrected chi connectivity index (χ4v) is 4.51. The topological polar surface area (TPSA) is 119 Å². The minimum Gasteiger partial charge on any atom is -0.382 e. The van der Waals surface area contributed by atoms with Gasteiger partial charge in [-0.05, 0) is 6.07 Å². The van der Waals surface area contributed by atoms with Crippen molar-refractivity contribution in [3.05, 3.63) is 47.3 Å². The summed E-state index contributed by atoms with van der Waals surface area (Å²) in [5.74, 6) is -0.346. The maximum absolute atomic E-state index is 14.0. The molecule has 0 spiro atoms. The van der Waals surface area contributed by atoms with Gasteiger partial charge in [0.25, 0.3) is 5.91 Å². The van der Waals surface area contributed by atoms with Gasteiger partial charge in [-0.3, -0.25) is 9.59 Å². The lowest BCUT2D eigenvalue weighted by Crippen LogP contribution is -2.45. The number of thioether (sulfide) groups is 1. The molecule has 9 nitrogen and oxygen atoms in total. The first-order chi connectivity index (χ1) is 14.5. The first kappa shape index (κ1) is 20.4. The lowest BCUT2D eigenvalue weighted by atomic mass is 10.2. The molecule has 2 amide bonds. The van der Waals surface area contributed by atoms with E-state index in [1.54, 1.807) is 16.7 Å². The van der Waals surface area contributed by atoms with E-state index in [0.29, 0.717) is 23.5 Å².